The maximum absolute atomic E-state index is 9.15. The summed E-state index contributed by atoms with van der Waals surface area (Å²) in [5, 5.41) is 13.3. The Morgan fingerprint density at radius 2 is 1.83 bits per heavy atom. The van der Waals surface area contributed by atoms with Gasteiger partial charge in [-0.3, -0.25) is 4.90 Å². The van der Waals surface area contributed by atoms with Crippen LogP contribution >= 0.6 is 11.6 Å². The molecular formula is C13H18ClN3O. The fraction of sp³-hybridized carbons (Fsp3) is 0.462. The topological polar surface area (TPSA) is 39.1 Å². The first-order valence-corrected chi connectivity index (χ1v) is 6.44. The van der Waals surface area contributed by atoms with Gasteiger partial charge in [-0.15, -0.1) is 0 Å². The molecule has 0 spiro atoms. The van der Waals surface area contributed by atoms with Crippen LogP contribution in [0.2, 0.25) is 5.02 Å². The zero-order valence-electron chi connectivity index (χ0n) is 10.5. The van der Waals surface area contributed by atoms with Crippen molar-refractivity contribution in [3.05, 3.63) is 34.9 Å². The highest BCUT2D eigenvalue weighted by Gasteiger charge is 2.16. The second kappa shape index (κ2) is 6.18. The van der Waals surface area contributed by atoms with Gasteiger partial charge in [-0.2, -0.15) is 0 Å². The van der Waals surface area contributed by atoms with Crippen molar-refractivity contribution in [2.75, 3.05) is 39.8 Å². The fourth-order valence-electron chi connectivity index (χ4n) is 2.04. The summed E-state index contributed by atoms with van der Waals surface area (Å²) in [7, 11) is 2.12. The van der Waals surface area contributed by atoms with E-state index in [0.29, 0.717) is 17.3 Å². The number of piperazine rings is 1. The third-order valence-electron chi connectivity index (χ3n) is 3.27. The quantitative estimate of drug-likeness (QED) is 0.515. The Bertz CT molecular complexity index is 411. The number of nitrogens with zero attached hydrogens (tertiary/aromatic N) is 3. The molecule has 1 heterocycles. The van der Waals surface area contributed by atoms with Crippen molar-refractivity contribution in [3.63, 3.8) is 0 Å². The summed E-state index contributed by atoms with van der Waals surface area (Å²) >= 11 is 5.85. The maximum atomic E-state index is 9.15. The Morgan fingerprint density at radius 1 is 1.22 bits per heavy atom. The van der Waals surface area contributed by atoms with Crippen molar-refractivity contribution >= 4 is 17.3 Å². The van der Waals surface area contributed by atoms with Gasteiger partial charge >= 0.3 is 0 Å². The van der Waals surface area contributed by atoms with E-state index in [1.54, 1.807) is 0 Å². The molecule has 4 nitrogen and oxygen atoms in total. The average Bonchev–Trinajstić information content (AvgIpc) is 2.39. The molecule has 0 aromatic heterocycles. The molecule has 1 aliphatic heterocycles. The summed E-state index contributed by atoms with van der Waals surface area (Å²) in [6.07, 6.45) is 0. The molecule has 1 aromatic rings. The Labute approximate surface area is 112 Å². The van der Waals surface area contributed by atoms with Crippen LogP contribution in [0.3, 0.4) is 0 Å². The number of hydrogen-bond donors (Lipinski definition) is 1. The Morgan fingerprint density at radius 3 is 2.39 bits per heavy atom. The first-order valence-electron chi connectivity index (χ1n) is 6.07. The van der Waals surface area contributed by atoms with Crippen molar-refractivity contribution in [1.82, 2.24) is 9.80 Å². The van der Waals surface area contributed by atoms with E-state index in [-0.39, 0.29) is 0 Å². The molecule has 0 aliphatic carbocycles. The van der Waals surface area contributed by atoms with Crippen LogP contribution in [0.5, 0.6) is 0 Å². The molecule has 0 unspecified atom stereocenters. The SMILES string of the molecule is CN1CCN(CC(=NO)c2ccc(Cl)cc2)CC1. The van der Waals surface area contributed by atoms with E-state index in [1.807, 2.05) is 24.3 Å². The summed E-state index contributed by atoms with van der Waals surface area (Å²) in [4.78, 5) is 4.60. The average molecular weight is 268 g/mol. The molecule has 1 N–H and O–H groups in total. The Kier molecular flexibility index (Phi) is 4.58. The molecular weight excluding hydrogens is 250 g/mol. The van der Waals surface area contributed by atoms with Crippen LogP contribution < -0.4 is 0 Å². The van der Waals surface area contributed by atoms with Crippen LogP contribution in [0.4, 0.5) is 0 Å². The van der Waals surface area contributed by atoms with Crippen LogP contribution in [0.1, 0.15) is 5.56 Å². The van der Waals surface area contributed by atoms with Gasteiger partial charge in [-0.05, 0) is 19.2 Å². The zero-order chi connectivity index (χ0) is 13.0. The minimum Gasteiger partial charge on any atom is -0.411 e. The van der Waals surface area contributed by atoms with Gasteiger partial charge in [0.25, 0.3) is 0 Å². The molecule has 1 saturated heterocycles. The van der Waals surface area contributed by atoms with E-state index in [9.17, 15) is 0 Å². The molecule has 0 bridgehead atoms. The van der Waals surface area contributed by atoms with Crippen molar-refractivity contribution in [3.8, 4) is 0 Å². The van der Waals surface area contributed by atoms with Gasteiger partial charge < -0.3 is 10.1 Å². The summed E-state index contributed by atoms with van der Waals surface area (Å²) in [6, 6.07) is 7.39. The van der Waals surface area contributed by atoms with Gasteiger partial charge in [0.1, 0.15) is 5.71 Å². The number of hydrogen-bond acceptors (Lipinski definition) is 4. The molecule has 5 heteroatoms. The summed E-state index contributed by atoms with van der Waals surface area (Å²) < 4.78 is 0. The highest BCUT2D eigenvalue weighted by atomic mass is 35.5. The molecule has 18 heavy (non-hydrogen) atoms. The van der Waals surface area contributed by atoms with Crippen LogP contribution in [0.15, 0.2) is 29.4 Å². The Balaban J connectivity index is 2.00. The lowest BCUT2D eigenvalue weighted by Crippen LogP contribution is -2.46. The predicted molar refractivity (Wildman–Crippen MR) is 73.7 cm³/mol. The molecule has 1 aliphatic rings. The van der Waals surface area contributed by atoms with E-state index >= 15 is 0 Å². The van der Waals surface area contributed by atoms with Crippen LogP contribution in [0.25, 0.3) is 0 Å². The lowest BCUT2D eigenvalue weighted by atomic mass is 10.1. The van der Waals surface area contributed by atoms with Crippen LogP contribution in [0, 0.1) is 0 Å². The van der Waals surface area contributed by atoms with Gasteiger partial charge in [0.2, 0.25) is 0 Å². The molecule has 0 radical (unpaired) electrons. The normalized spacial score (nSPS) is 19.1. The van der Waals surface area contributed by atoms with E-state index in [0.717, 1.165) is 31.7 Å². The highest BCUT2D eigenvalue weighted by Crippen LogP contribution is 2.11. The summed E-state index contributed by atoms with van der Waals surface area (Å²) in [5.41, 5.74) is 1.61. The number of rotatable bonds is 3. The van der Waals surface area contributed by atoms with Gasteiger partial charge in [-0.25, -0.2) is 0 Å². The molecule has 0 amide bonds. The lowest BCUT2D eigenvalue weighted by Gasteiger charge is -2.32. The molecule has 1 fully saturated rings. The number of oxime groups is 1. The first-order chi connectivity index (χ1) is 8.69. The summed E-state index contributed by atoms with van der Waals surface area (Å²) in [5.74, 6) is 0. The second-order valence-corrected chi connectivity index (χ2v) is 5.07. The maximum Gasteiger partial charge on any atom is 0.101 e. The second-order valence-electron chi connectivity index (χ2n) is 4.63. The van der Waals surface area contributed by atoms with E-state index in [4.69, 9.17) is 16.8 Å². The van der Waals surface area contributed by atoms with Crippen molar-refractivity contribution in [1.29, 1.82) is 0 Å². The van der Waals surface area contributed by atoms with Gasteiger partial charge in [0, 0.05) is 43.3 Å². The van der Waals surface area contributed by atoms with E-state index in [2.05, 4.69) is 22.0 Å². The molecule has 2 rings (SSSR count). The molecule has 98 valence electrons. The fourth-order valence-corrected chi connectivity index (χ4v) is 2.17. The van der Waals surface area contributed by atoms with Crippen LogP contribution in [-0.4, -0.2) is 60.5 Å². The van der Waals surface area contributed by atoms with Crippen LogP contribution in [-0.2, 0) is 0 Å². The third-order valence-corrected chi connectivity index (χ3v) is 3.52. The van der Waals surface area contributed by atoms with E-state index < -0.39 is 0 Å². The van der Waals surface area contributed by atoms with Gasteiger partial charge in [-0.1, -0.05) is 28.9 Å². The monoisotopic (exact) mass is 267 g/mol. The third kappa shape index (κ3) is 3.45. The first kappa shape index (κ1) is 13.3. The number of likely N-dealkylation sites (N-methyl/N-ethyl adjacent to an activating group) is 1. The zero-order valence-corrected chi connectivity index (χ0v) is 11.3. The Hall–Kier alpha value is -1.10. The molecule has 1 aromatic carbocycles. The number of benzene rings is 1. The van der Waals surface area contributed by atoms with E-state index in [1.165, 1.54) is 0 Å². The van der Waals surface area contributed by atoms with Crippen molar-refractivity contribution < 1.29 is 5.21 Å². The van der Waals surface area contributed by atoms with Gasteiger partial charge in [0.15, 0.2) is 0 Å². The highest BCUT2D eigenvalue weighted by molar-refractivity contribution is 6.30. The molecule has 0 saturated carbocycles. The largest absolute Gasteiger partial charge is 0.411 e. The van der Waals surface area contributed by atoms with Crippen molar-refractivity contribution in [2.45, 2.75) is 0 Å². The predicted octanol–water partition coefficient (Wildman–Crippen LogP) is 1.77. The standard InChI is InChI=1S/C13H18ClN3O/c1-16-6-8-17(9-7-16)10-13(15-18)11-2-4-12(14)5-3-11/h2-5,18H,6-10H2,1H3. The van der Waals surface area contributed by atoms with Crippen molar-refractivity contribution in [2.24, 2.45) is 5.16 Å². The molecule has 0 atom stereocenters. The minimum absolute atomic E-state index is 0.673. The smallest absolute Gasteiger partial charge is 0.101 e. The summed E-state index contributed by atoms with van der Waals surface area (Å²) in [6.45, 7) is 4.79. The number of halogens is 1. The minimum atomic E-state index is 0.673. The lowest BCUT2D eigenvalue weighted by molar-refractivity contribution is 0.169. The van der Waals surface area contributed by atoms with Gasteiger partial charge in [0.05, 0.1) is 0 Å².